The largest absolute Gasteiger partial charge is 0.508 e. The highest BCUT2D eigenvalue weighted by Crippen LogP contribution is 2.40. The molecule has 2 aromatic carbocycles. The summed E-state index contributed by atoms with van der Waals surface area (Å²) in [5.41, 5.74) is 0.639. The fraction of sp³-hybridized carbons (Fsp3) is 0.455. The van der Waals surface area contributed by atoms with E-state index in [-0.39, 0.29) is 10.6 Å². The van der Waals surface area contributed by atoms with Crippen LogP contribution in [0.4, 0.5) is 5.69 Å². The van der Waals surface area contributed by atoms with E-state index in [2.05, 4.69) is 11.8 Å². The maximum absolute atomic E-state index is 13.2. The smallest absolute Gasteiger partial charge is 0.264 e. The van der Waals surface area contributed by atoms with Crippen LogP contribution in [-0.4, -0.2) is 56.5 Å². The second-order valence-electron chi connectivity index (χ2n) is 7.78. The van der Waals surface area contributed by atoms with Crippen molar-refractivity contribution >= 4 is 27.5 Å². The Hall–Kier alpha value is -1.90. The maximum Gasteiger partial charge on any atom is 0.264 e. The van der Waals surface area contributed by atoms with Crippen LogP contribution in [0.1, 0.15) is 26.2 Å². The molecule has 0 radical (unpaired) electrons. The van der Waals surface area contributed by atoms with Crippen molar-refractivity contribution in [2.24, 2.45) is 0 Å². The van der Waals surface area contributed by atoms with Gasteiger partial charge in [-0.15, -0.1) is 11.8 Å². The van der Waals surface area contributed by atoms with Crippen LogP contribution in [0.5, 0.6) is 11.5 Å². The lowest BCUT2D eigenvalue weighted by Crippen LogP contribution is -2.35. The van der Waals surface area contributed by atoms with Crippen LogP contribution in [0.25, 0.3) is 0 Å². The predicted molar refractivity (Wildman–Crippen MR) is 120 cm³/mol. The monoisotopic (exact) mass is 448 g/mol. The summed E-state index contributed by atoms with van der Waals surface area (Å²) < 4.78 is 33.8. The van der Waals surface area contributed by atoms with Crippen molar-refractivity contribution in [2.75, 3.05) is 36.3 Å². The Kier molecular flexibility index (Phi) is 6.46. The van der Waals surface area contributed by atoms with Crippen molar-refractivity contribution in [1.29, 1.82) is 0 Å². The predicted octanol–water partition coefficient (Wildman–Crippen LogP) is 3.95. The molecule has 162 valence electrons. The topological polar surface area (TPSA) is 70.1 Å². The number of likely N-dealkylation sites (tertiary alicyclic amines) is 1. The van der Waals surface area contributed by atoms with E-state index in [0.29, 0.717) is 36.4 Å². The normalized spacial score (nSPS) is 19.6. The summed E-state index contributed by atoms with van der Waals surface area (Å²) >= 11 is 1.64. The fourth-order valence-corrected chi connectivity index (χ4v) is 6.73. The minimum atomic E-state index is -3.76. The summed E-state index contributed by atoms with van der Waals surface area (Å²) in [6, 6.07) is 12.1. The van der Waals surface area contributed by atoms with Crippen molar-refractivity contribution in [3.05, 3.63) is 42.5 Å². The quantitative estimate of drug-likeness (QED) is 0.647. The molecule has 2 aliphatic rings. The Balaban J connectivity index is 1.47. The molecule has 4 rings (SSSR count). The van der Waals surface area contributed by atoms with Gasteiger partial charge in [0.1, 0.15) is 11.5 Å². The van der Waals surface area contributed by atoms with Crippen molar-refractivity contribution in [1.82, 2.24) is 4.90 Å². The lowest BCUT2D eigenvalue weighted by atomic mass is 10.2. The average molecular weight is 449 g/mol. The van der Waals surface area contributed by atoms with Crippen molar-refractivity contribution in [3.8, 4) is 11.5 Å². The second kappa shape index (κ2) is 9.08. The van der Waals surface area contributed by atoms with E-state index in [1.807, 2.05) is 18.2 Å². The van der Waals surface area contributed by atoms with Crippen LogP contribution in [-0.2, 0) is 10.0 Å². The molecule has 0 bridgehead atoms. The number of ether oxygens (including phenoxy) is 1. The number of hydrogen-bond acceptors (Lipinski definition) is 6. The summed E-state index contributed by atoms with van der Waals surface area (Å²) in [6.07, 6.45) is 3.49. The molecule has 2 aromatic rings. The molecule has 1 unspecified atom stereocenters. The number of hydrogen-bond donors (Lipinski definition) is 1. The van der Waals surface area contributed by atoms with E-state index in [0.717, 1.165) is 17.9 Å². The molecule has 0 amide bonds. The number of fused-ring (bicyclic) bond motifs is 1. The summed E-state index contributed by atoms with van der Waals surface area (Å²) in [6.45, 7) is 5.45. The van der Waals surface area contributed by atoms with E-state index in [9.17, 15) is 13.5 Å². The van der Waals surface area contributed by atoms with Gasteiger partial charge in [-0.2, -0.15) is 0 Å². The lowest BCUT2D eigenvalue weighted by molar-refractivity contribution is 0.230. The average Bonchev–Trinajstić information content (AvgIpc) is 3.15. The van der Waals surface area contributed by atoms with Gasteiger partial charge in [-0.25, -0.2) is 8.42 Å². The van der Waals surface area contributed by atoms with Crippen LogP contribution >= 0.6 is 11.8 Å². The number of phenols is 1. The minimum Gasteiger partial charge on any atom is -0.508 e. The van der Waals surface area contributed by atoms with Gasteiger partial charge in [0.2, 0.25) is 0 Å². The standard InChI is InChI=1S/C22H28N2O4S2/c1-17-5-3-10-23(17)11-4-13-28-19-8-9-22-21(16-19)24(12-14-29-22)30(26,27)20-7-2-6-18(25)15-20/h2,6-9,15-17,25H,3-5,10-14H2,1H3. The first kappa shape index (κ1) is 21.3. The molecule has 1 N–H and O–H groups in total. The molecule has 1 fully saturated rings. The van der Waals surface area contributed by atoms with Crippen molar-refractivity contribution < 1.29 is 18.3 Å². The minimum absolute atomic E-state index is 0.0629. The number of phenolic OH excluding ortho intramolecular Hbond substituents is 1. The number of benzene rings is 2. The number of anilines is 1. The van der Waals surface area contributed by atoms with Crippen molar-refractivity contribution in [2.45, 2.75) is 42.0 Å². The van der Waals surface area contributed by atoms with Crippen LogP contribution in [0.2, 0.25) is 0 Å². The van der Waals surface area contributed by atoms with E-state index >= 15 is 0 Å². The Morgan fingerprint density at radius 1 is 1.20 bits per heavy atom. The third kappa shape index (κ3) is 4.55. The molecule has 2 heterocycles. The Morgan fingerprint density at radius 2 is 2.07 bits per heavy atom. The Morgan fingerprint density at radius 3 is 2.83 bits per heavy atom. The van der Waals surface area contributed by atoms with Crippen LogP contribution < -0.4 is 9.04 Å². The summed E-state index contributed by atoms with van der Waals surface area (Å²) in [5.74, 6) is 1.30. The zero-order chi connectivity index (χ0) is 21.1. The van der Waals surface area contributed by atoms with Crippen molar-refractivity contribution in [3.63, 3.8) is 0 Å². The zero-order valence-electron chi connectivity index (χ0n) is 17.2. The number of nitrogens with zero attached hydrogens (tertiary/aromatic N) is 2. The Labute approximate surface area is 182 Å². The van der Waals surface area contributed by atoms with E-state index in [4.69, 9.17) is 4.74 Å². The second-order valence-corrected chi connectivity index (χ2v) is 10.8. The molecule has 2 aliphatic heterocycles. The maximum atomic E-state index is 13.2. The highest BCUT2D eigenvalue weighted by molar-refractivity contribution is 8.00. The van der Waals surface area contributed by atoms with Gasteiger partial charge in [0, 0.05) is 41.9 Å². The number of sulfonamides is 1. The van der Waals surface area contributed by atoms with Gasteiger partial charge in [0.15, 0.2) is 0 Å². The molecule has 1 saturated heterocycles. The van der Waals surface area contributed by atoms with Crippen LogP contribution in [0, 0.1) is 0 Å². The number of rotatable bonds is 7. The van der Waals surface area contributed by atoms with Crippen LogP contribution in [0.15, 0.2) is 52.3 Å². The Bertz CT molecular complexity index is 996. The number of aromatic hydroxyl groups is 1. The third-order valence-corrected chi connectivity index (χ3v) is 8.56. The SMILES string of the molecule is CC1CCCN1CCCOc1ccc2c(c1)N(S(=O)(=O)c1cccc(O)c1)CCS2. The first-order valence-corrected chi connectivity index (χ1v) is 12.8. The van der Waals surface area contributed by atoms with Gasteiger partial charge in [-0.1, -0.05) is 6.07 Å². The van der Waals surface area contributed by atoms with E-state index in [1.54, 1.807) is 17.8 Å². The van der Waals surface area contributed by atoms with Crippen LogP contribution in [0.3, 0.4) is 0 Å². The molecule has 0 spiro atoms. The van der Waals surface area contributed by atoms with Gasteiger partial charge in [-0.05, 0) is 57.0 Å². The molecule has 6 nitrogen and oxygen atoms in total. The lowest BCUT2D eigenvalue weighted by Gasteiger charge is -2.30. The summed E-state index contributed by atoms with van der Waals surface area (Å²) in [5, 5.41) is 9.72. The van der Waals surface area contributed by atoms with Gasteiger partial charge in [-0.3, -0.25) is 4.31 Å². The van der Waals surface area contributed by atoms with Gasteiger partial charge in [0.25, 0.3) is 10.0 Å². The molecule has 1 atom stereocenters. The molecule has 0 aromatic heterocycles. The third-order valence-electron chi connectivity index (χ3n) is 5.71. The molecule has 8 heteroatoms. The first-order valence-electron chi connectivity index (χ1n) is 10.4. The summed E-state index contributed by atoms with van der Waals surface area (Å²) in [7, 11) is -3.76. The van der Waals surface area contributed by atoms with Gasteiger partial charge < -0.3 is 14.7 Å². The molecule has 0 aliphatic carbocycles. The van der Waals surface area contributed by atoms with E-state index < -0.39 is 10.0 Å². The summed E-state index contributed by atoms with van der Waals surface area (Å²) in [4.78, 5) is 3.51. The van der Waals surface area contributed by atoms with Gasteiger partial charge >= 0.3 is 0 Å². The molecular weight excluding hydrogens is 420 g/mol. The molecule has 0 saturated carbocycles. The fourth-order valence-electron chi connectivity index (χ4n) is 4.07. The highest BCUT2D eigenvalue weighted by atomic mass is 32.2. The zero-order valence-corrected chi connectivity index (χ0v) is 18.8. The number of thioether (sulfide) groups is 1. The first-order chi connectivity index (χ1) is 14.4. The van der Waals surface area contributed by atoms with Gasteiger partial charge in [0.05, 0.1) is 17.2 Å². The molecule has 30 heavy (non-hydrogen) atoms. The highest BCUT2D eigenvalue weighted by Gasteiger charge is 2.30. The molecular formula is C22H28N2O4S2. The van der Waals surface area contributed by atoms with E-state index in [1.165, 1.54) is 41.9 Å².